The Hall–Kier alpha value is -3.47. The largest absolute Gasteiger partial charge is 0.489 e. The Morgan fingerprint density at radius 1 is 1.06 bits per heavy atom. The van der Waals surface area contributed by atoms with E-state index in [0.717, 1.165) is 28.1 Å². The van der Waals surface area contributed by atoms with Crippen LogP contribution in [0.3, 0.4) is 0 Å². The van der Waals surface area contributed by atoms with Gasteiger partial charge in [-0.05, 0) is 43.0 Å². The smallest absolute Gasteiger partial charge is 0.161 e. The predicted octanol–water partition coefficient (Wildman–Crippen LogP) is 3.00. The molecule has 190 valence electrons. The Kier molecular flexibility index (Phi) is 8.19. The Morgan fingerprint density at radius 3 is 2.53 bits per heavy atom. The number of ether oxygens (including phenoxy) is 1. The first-order valence-corrected chi connectivity index (χ1v) is 13.7. The van der Waals surface area contributed by atoms with Crippen molar-refractivity contribution in [1.29, 1.82) is 0 Å². The van der Waals surface area contributed by atoms with Crippen LogP contribution in [-0.4, -0.2) is 67.1 Å². The van der Waals surface area contributed by atoms with E-state index in [1.807, 2.05) is 72.6 Å². The van der Waals surface area contributed by atoms with Gasteiger partial charge in [0.1, 0.15) is 28.0 Å². The van der Waals surface area contributed by atoms with E-state index in [0.29, 0.717) is 44.5 Å². The van der Waals surface area contributed by atoms with Crippen molar-refractivity contribution in [2.24, 2.45) is 0 Å². The van der Waals surface area contributed by atoms with Gasteiger partial charge in [0.2, 0.25) is 0 Å². The number of hydroxylamine groups is 2. The molecule has 0 bridgehead atoms. The topological polar surface area (TPSA) is 111 Å². The summed E-state index contributed by atoms with van der Waals surface area (Å²) >= 11 is 0. The van der Waals surface area contributed by atoms with Crippen molar-refractivity contribution >= 4 is 21.7 Å². The molecule has 2 heterocycles. The van der Waals surface area contributed by atoms with Crippen LogP contribution in [0.25, 0.3) is 17.5 Å². The number of benzene rings is 2. The average molecular weight is 510 g/mol. The van der Waals surface area contributed by atoms with E-state index in [1.54, 1.807) is 11.3 Å². The van der Waals surface area contributed by atoms with E-state index in [4.69, 9.17) is 20.3 Å². The van der Waals surface area contributed by atoms with Crippen molar-refractivity contribution in [1.82, 2.24) is 19.9 Å². The maximum absolute atomic E-state index is 11.3. The summed E-state index contributed by atoms with van der Waals surface area (Å²) in [4.78, 5) is 17.0. The third kappa shape index (κ3) is 7.27. The molecule has 1 aliphatic heterocycles. The monoisotopic (exact) mass is 509 g/mol. The van der Waals surface area contributed by atoms with Gasteiger partial charge in [0.25, 0.3) is 0 Å². The second kappa shape index (κ2) is 11.5. The second-order valence-electron chi connectivity index (χ2n) is 8.75. The van der Waals surface area contributed by atoms with Gasteiger partial charge in [0, 0.05) is 36.7 Å². The molecule has 1 aromatic heterocycles. The number of likely N-dealkylation sites (N-methyl/N-ethyl adjacent to an activating group) is 1. The Balaban J connectivity index is 1.34. The molecule has 0 radical (unpaired) electrons. The molecule has 0 saturated carbocycles. The number of nitrogens with two attached hydrogens (primary N) is 1. The Labute approximate surface area is 212 Å². The molecular weight excluding hydrogens is 478 g/mol. The normalized spacial score (nSPS) is 13.1. The van der Waals surface area contributed by atoms with Gasteiger partial charge in [-0.2, -0.15) is 0 Å². The van der Waals surface area contributed by atoms with Crippen LogP contribution in [0.15, 0.2) is 60.8 Å². The summed E-state index contributed by atoms with van der Waals surface area (Å²) in [5.74, 6) is 1.84. The highest BCUT2D eigenvalue weighted by Crippen LogP contribution is 2.27. The number of aromatic nitrogens is 2. The van der Waals surface area contributed by atoms with Crippen molar-refractivity contribution in [3.8, 4) is 17.1 Å². The van der Waals surface area contributed by atoms with Crippen molar-refractivity contribution < 1.29 is 18.0 Å². The molecule has 9 nitrogen and oxygen atoms in total. The molecule has 2 aromatic carbocycles. The molecule has 10 heteroatoms. The van der Waals surface area contributed by atoms with E-state index in [-0.39, 0.29) is 5.75 Å². The zero-order valence-corrected chi connectivity index (χ0v) is 21.3. The van der Waals surface area contributed by atoms with Crippen LogP contribution in [0.5, 0.6) is 5.75 Å². The minimum absolute atomic E-state index is 0.125. The van der Waals surface area contributed by atoms with Gasteiger partial charge in [-0.3, -0.25) is 9.90 Å². The Morgan fingerprint density at radius 2 is 1.81 bits per heavy atom. The molecule has 0 fully saturated rings. The van der Waals surface area contributed by atoms with Gasteiger partial charge in [-0.1, -0.05) is 30.3 Å². The lowest BCUT2D eigenvalue weighted by Gasteiger charge is -2.25. The van der Waals surface area contributed by atoms with Crippen molar-refractivity contribution in [2.75, 3.05) is 44.5 Å². The van der Waals surface area contributed by atoms with Gasteiger partial charge in [0.05, 0.1) is 24.6 Å². The lowest BCUT2D eigenvalue weighted by Crippen LogP contribution is -2.31. The maximum Gasteiger partial charge on any atom is 0.161 e. The molecule has 4 rings (SSSR count). The molecule has 1 aliphatic rings. The first kappa shape index (κ1) is 25.6. The summed E-state index contributed by atoms with van der Waals surface area (Å²) in [5.41, 5.74) is 9.73. The summed E-state index contributed by atoms with van der Waals surface area (Å²) in [5, 5.41) is 1.70. The van der Waals surface area contributed by atoms with Gasteiger partial charge in [-0.15, -0.1) is 0 Å². The minimum atomic E-state index is -2.98. The van der Waals surface area contributed by atoms with Crippen LogP contribution < -0.4 is 10.5 Å². The average Bonchev–Trinajstić information content (AvgIpc) is 2.86. The third-order valence-electron chi connectivity index (χ3n) is 5.70. The molecule has 0 unspecified atom stereocenters. The maximum atomic E-state index is 11.3. The molecule has 0 amide bonds. The van der Waals surface area contributed by atoms with E-state index < -0.39 is 9.84 Å². The van der Waals surface area contributed by atoms with Crippen LogP contribution in [0, 0.1) is 0 Å². The van der Waals surface area contributed by atoms with E-state index >= 15 is 0 Å². The van der Waals surface area contributed by atoms with Gasteiger partial charge in [-0.25, -0.2) is 18.4 Å². The van der Waals surface area contributed by atoms with Gasteiger partial charge < -0.3 is 15.4 Å². The molecule has 36 heavy (non-hydrogen) atoms. The highest BCUT2D eigenvalue weighted by Gasteiger charge is 2.18. The van der Waals surface area contributed by atoms with Crippen molar-refractivity contribution in [2.45, 2.75) is 13.2 Å². The lowest BCUT2D eigenvalue weighted by atomic mass is 10.1. The molecule has 0 spiro atoms. The quantitative estimate of drug-likeness (QED) is 0.417. The van der Waals surface area contributed by atoms with Crippen LogP contribution in [0.4, 0.5) is 5.82 Å². The molecule has 0 aliphatic carbocycles. The SMILES string of the molecule is CN(CCON1C=Cc2c(N)nc(-c3ccc(OCc4ccccc4)cc3)nc2C1)CCS(C)(=O)=O. The number of rotatable bonds is 11. The van der Waals surface area contributed by atoms with E-state index in [9.17, 15) is 8.42 Å². The molecule has 3 aromatic rings. The van der Waals surface area contributed by atoms with Crippen LogP contribution >= 0.6 is 0 Å². The number of hydrogen-bond acceptors (Lipinski definition) is 9. The summed E-state index contributed by atoms with van der Waals surface area (Å²) in [6, 6.07) is 17.6. The highest BCUT2D eigenvalue weighted by atomic mass is 32.2. The van der Waals surface area contributed by atoms with Crippen LogP contribution in [0.2, 0.25) is 0 Å². The van der Waals surface area contributed by atoms with Crippen LogP contribution in [-0.2, 0) is 27.8 Å². The molecule has 0 saturated heterocycles. The number of fused-ring (bicyclic) bond motifs is 1. The fourth-order valence-corrected chi connectivity index (χ4v) is 4.24. The Bertz CT molecular complexity index is 1300. The summed E-state index contributed by atoms with van der Waals surface area (Å²) in [6.07, 6.45) is 4.88. The summed E-state index contributed by atoms with van der Waals surface area (Å²) in [6.45, 7) is 2.40. The minimum Gasteiger partial charge on any atom is -0.489 e. The highest BCUT2D eigenvalue weighted by molar-refractivity contribution is 7.90. The third-order valence-corrected chi connectivity index (χ3v) is 6.63. The molecular formula is C26H31N5O4S. The van der Waals surface area contributed by atoms with Crippen molar-refractivity contribution in [3.63, 3.8) is 0 Å². The van der Waals surface area contributed by atoms with Gasteiger partial charge >= 0.3 is 0 Å². The number of nitrogens with zero attached hydrogens (tertiary/aromatic N) is 4. The molecule has 0 atom stereocenters. The lowest BCUT2D eigenvalue weighted by molar-refractivity contribution is -0.131. The fraction of sp³-hybridized carbons (Fsp3) is 0.308. The van der Waals surface area contributed by atoms with E-state index in [1.165, 1.54) is 6.26 Å². The number of anilines is 1. The standard InChI is InChI=1S/C26H31N5O4S/c1-30(15-17-36(2,32)33)14-16-35-31-13-12-23-24(18-31)28-26(29-25(23)27)21-8-10-22(11-9-21)34-19-20-6-4-3-5-7-20/h3-13H,14-19H2,1-2H3,(H2,27,28,29). The molecule has 2 N–H and O–H groups in total. The predicted molar refractivity (Wildman–Crippen MR) is 140 cm³/mol. The second-order valence-corrected chi connectivity index (χ2v) is 11.0. The summed E-state index contributed by atoms with van der Waals surface area (Å²) < 4.78 is 28.5. The first-order valence-electron chi connectivity index (χ1n) is 11.6. The summed E-state index contributed by atoms with van der Waals surface area (Å²) in [7, 11) is -1.11. The zero-order chi connectivity index (χ0) is 25.5. The van der Waals surface area contributed by atoms with Crippen LogP contribution in [0.1, 0.15) is 16.8 Å². The van der Waals surface area contributed by atoms with Crippen molar-refractivity contribution in [3.05, 3.63) is 77.6 Å². The number of sulfone groups is 1. The number of nitrogen functional groups attached to an aromatic ring is 1. The first-order chi connectivity index (χ1) is 17.3. The van der Waals surface area contributed by atoms with E-state index in [2.05, 4.69) is 4.98 Å². The fourth-order valence-electron chi connectivity index (χ4n) is 3.60. The van der Waals surface area contributed by atoms with Gasteiger partial charge in [0.15, 0.2) is 5.82 Å². The zero-order valence-electron chi connectivity index (χ0n) is 20.5. The number of hydrogen-bond donors (Lipinski definition) is 1.